The van der Waals surface area contributed by atoms with Crippen molar-refractivity contribution in [3.05, 3.63) is 0 Å². The van der Waals surface area contributed by atoms with Crippen LogP contribution in [-0.4, -0.2) is 119 Å². The van der Waals surface area contributed by atoms with Gasteiger partial charge < -0.3 is 29.9 Å². The van der Waals surface area contributed by atoms with Gasteiger partial charge in [0.2, 0.25) is 0 Å². The maximum absolute atomic E-state index is 12.8. The molecule has 0 saturated heterocycles. The van der Waals surface area contributed by atoms with Gasteiger partial charge in [0.15, 0.2) is 0 Å². The molecule has 1 fully saturated rings. The van der Waals surface area contributed by atoms with Gasteiger partial charge in [-0.15, -0.1) is 0 Å². The normalized spacial score (nSPS) is 20.8. The van der Waals surface area contributed by atoms with Crippen molar-refractivity contribution in [1.29, 1.82) is 0 Å². The molecule has 0 amide bonds. The van der Waals surface area contributed by atoms with Gasteiger partial charge in [-0.25, -0.2) is 0 Å². The van der Waals surface area contributed by atoms with Crippen molar-refractivity contribution in [1.82, 2.24) is 9.80 Å². The van der Waals surface area contributed by atoms with Gasteiger partial charge in [0.05, 0.1) is 26.3 Å². The van der Waals surface area contributed by atoms with Crippen LogP contribution in [0.15, 0.2) is 0 Å². The zero-order chi connectivity index (χ0) is 27.8. The number of hydrogen-bond acceptors (Lipinski definition) is 8. The molecule has 1 aliphatic carbocycles. The van der Waals surface area contributed by atoms with Crippen LogP contribution in [0.2, 0.25) is 0 Å². The predicted molar refractivity (Wildman–Crippen MR) is 129 cm³/mol. The molecule has 2 unspecified atom stereocenters. The third-order valence-electron chi connectivity index (χ3n) is 6.80. The van der Waals surface area contributed by atoms with Crippen molar-refractivity contribution in [2.24, 2.45) is 10.8 Å². The van der Waals surface area contributed by atoms with Gasteiger partial charge in [-0.05, 0) is 12.8 Å². The van der Waals surface area contributed by atoms with Gasteiger partial charge in [0, 0.05) is 37.1 Å². The molecule has 1 saturated carbocycles. The maximum Gasteiger partial charge on any atom is 0.321 e. The van der Waals surface area contributed by atoms with E-state index in [1.807, 2.05) is 0 Å². The number of nitrogens with zero attached hydrogens (tertiary/aromatic N) is 2. The summed E-state index contributed by atoms with van der Waals surface area (Å²) in [7, 11) is 2.86. The van der Waals surface area contributed by atoms with Crippen molar-refractivity contribution in [2.75, 3.05) is 40.5 Å². The Morgan fingerprint density at radius 1 is 0.750 bits per heavy atom. The Kier molecular flexibility index (Phi) is 11.7. The van der Waals surface area contributed by atoms with E-state index in [-0.39, 0.29) is 13.2 Å². The number of carboxylic acid groups (broad SMARTS) is 4. The number of ether oxygens (including phenoxy) is 2. The van der Waals surface area contributed by atoms with E-state index >= 15 is 0 Å². The summed E-state index contributed by atoms with van der Waals surface area (Å²) in [5.74, 6) is -4.94. The molecule has 4 atom stereocenters. The SMILES string of the molecule is COCC(C)(C)C(C(=O)O)N(C(C(=O)O)C(C)(C)COC)[C@@H]1CCCC[C@H]1N(CC(=O)O)CC(=O)O. The highest BCUT2D eigenvalue weighted by Crippen LogP contribution is 2.40. The fourth-order valence-corrected chi connectivity index (χ4v) is 5.67. The van der Waals surface area contributed by atoms with Gasteiger partial charge in [-0.2, -0.15) is 0 Å². The summed E-state index contributed by atoms with van der Waals surface area (Å²) in [6.07, 6.45) is 2.10. The Morgan fingerprint density at radius 2 is 1.11 bits per heavy atom. The first-order chi connectivity index (χ1) is 16.6. The van der Waals surface area contributed by atoms with Crippen LogP contribution >= 0.6 is 0 Å². The van der Waals surface area contributed by atoms with Crippen molar-refractivity contribution in [3.63, 3.8) is 0 Å². The van der Waals surface area contributed by atoms with Gasteiger partial charge >= 0.3 is 23.9 Å². The summed E-state index contributed by atoms with van der Waals surface area (Å²) in [5, 5.41) is 39.9. The minimum Gasteiger partial charge on any atom is -0.480 e. The summed E-state index contributed by atoms with van der Waals surface area (Å²) in [6, 6.07) is -4.10. The van der Waals surface area contributed by atoms with Gasteiger partial charge in [-0.3, -0.25) is 29.0 Å². The molecule has 12 heteroatoms. The average Bonchev–Trinajstić information content (AvgIpc) is 2.71. The van der Waals surface area contributed by atoms with Crippen molar-refractivity contribution < 1.29 is 49.1 Å². The Morgan fingerprint density at radius 3 is 1.42 bits per heavy atom. The summed E-state index contributed by atoms with van der Waals surface area (Å²) >= 11 is 0. The molecule has 0 aromatic rings. The number of hydrogen-bond donors (Lipinski definition) is 4. The Hall–Kier alpha value is -2.28. The van der Waals surface area contributed by atoms with Crippen LogP contribution in [-0.2, 0) is 28.7 Å². The van der Waals surface area contributed by atoms with Crippen LogP contribution in [0.3, 0.4) is 0 Å². The second-order valence-corrected chi connectivity index (χ2v) is 10.9. The highest BCUT2D eigenvalue weighted by atomic mass is 16.5. The highest BCUT2D eigenvalue weighted by Gasteiger charge is 2.54. The van der Waals surface area contributed by atoms with E-state index in [2.05, 4.69) is 0 Å². The minimum absolute atomic E-state index is 0.0167. The molecular formula is C24H42N2O10. The lowest BCUT2D eigenvalue weighted by Gasteiger charge is -2.53. The first kappa shape index (κ1) is 31.7. The smallest absolute Gasteiger partial charge is 0.321 e. The third kappa shape index (κ3) is 8.12. The standard InChI is InChI=1S/C24H42N2O10/c1-23(2,13-35-5)19(21(31)32)26(20(22(33)34)24(3,4)14-36-6)16-10-8-7-9-15(16)25(11-17(27)28)12-18(29)30/h15-16,19-20H,7-14H2,1-6H3,(H,27,28)(H,29,30)(H,31,32)(H,33,34)/t15-,16-,19?,20?/m1/s1. The van der Waals surface area contributed by atoms with Crippen LogP contribution in [0.25, 0.3) is 0 Å². The molecule has 4 N–H and O–H groups in total. The molecule has 12 nitrogen and oxygen atoms in total. The number of methoxy groups -OCH3 is 2. The molecule has 0 aliphatic heterocycles. The van der Waals surface area contributed by atoms with E-state index in [0.29, 0.717) is 25.7 Å². The molecule has 1 rings (SSSR count). The molecule has 0 spiro atoms. The predicted octanol–water partition coefficient (Wildman–Crippen LogP) is 1.32. The van der Waals surface area contributed by atoms with Gasteiger partial charge in [0.1, 0.15) is 12.1 Å². The van der Waals surface area contributed by atoms with Crippen LogP contribution in [0, 0.1) is 10.8 Å². The van der Waals surface area contributed by atoms with Crippen molar-refractivity contribution in [2.45, 2.75) is 77.5 Å². The molecule has 1 aliphatic rings. The number of carboxylic acids is 4. The number of carbonyl (C=O) groups is 4. The van der Waals surface area contributed by atoms with Crippen molar-refractivity contribution >= 4 is 23.9 Å². The Balaban J connectivity index is 3.87. The molecule has 0 radical (unpaired) electrons. The Bertz CT molecular complexity index is 733. The largest absolute Gasteiger partial charge is 0.480 e. The second-order valence-electron chi connectivity index (χ2n) is 10.9. The quantitative estimate of drug-likeness (QED) is 0.231. The van der Waals surface area contributed by atoms with Crippen LogP contribution in [0.1, 0.15) is 53.4 Å². The summed E-state index contributed by atoms with van der Waals surface area (Å²) in [6.45, 7) is 5.59. The number of aliphatic carboxylic acids is 4. The van der Waals surface area contributed by atoms with Gasteiger partial charge in [0.25, 0.3) is 0 Å². The maximum atomic E-state index is 12.8. The zero-order valence-corrected chi connectivity index (χ0v) is 22.1. The molecule has 0 aromatic carbocycles. The van der Waals surface area contributed by atoms with Crippen LogP contribution in [0.5, 0.6) is 0 Å². The fraction of sp³-hybridized carbons (Fsp3) is 0.833. The van der Waals surface area contributed by atoms with Crippen LogP contribution in [0.4, 0.5) is 0 Å². The van der Waals surface area contributed by atoms with Crippen molar-refractivity contribution in [3.8, 4) is 0 Å². The minimum atomic E-state index is -1.34. The van der Waals surface area contributed by atoms with Gasteiger partial charge in [-0.1, -0.05) is 40.5 Å². The van der Waals surface area contributed by atoms with E-state index in [0.717, 1.165) is 0 Å². The molecule has 0 heterocycles. The fourth-order valence-electron chi connectivity index (χ4n) is 5.67. The number of rotatable bonds is 16. The molecular weight excluding hydrogens is 476 g/mol. The monoisotopic (exact) mass is 518 g/mol. The van der Waals surface area contributed by atoms with Crippen LogP contribution < -0.4 is 0 Å². The molecule has 0 bridgehead atoms. The first-order valence-electron chi connectivity index (χ1n) is 12.0. The third-order valence-corrected chi connectivity index (χ3v) is 6.80. The van der Waals surface area contributed by atoms with E-state index in [1.54, 1.807) is 27.7 Å². The molecule has 208 valence electrons. The average molecular weight is 519 g/mol. The first-order valence-corrected chi connectivity index (χ1v) is 12.0. The topological polar surface area (TPSA) is 174 Å². The lowest BCUT2D eigenvalue weighted by molar-refractivity contribution is -0.173. The molecule has 36 heavy (non-hydrogen) atoms. The lowest BCUT2D eigenvalue weighted by atomic mass is 9.75. The summed E-state index contributed by atoms with van der Waals surface area (Å²) < 4.78 is 10.6. The summed E-state index contributed by atoms with van der Waals surface area (Å²) in [4.78, 5) is 51.6. The lowest BCUT2D eigenvalue weighted by Crippen LogP contribution is -2.69. The van der Waals surface area contributed by atoms with E-state index in [4.69, 9.17) is 9.47 Å². The second kappa shape index (κ2) is 13.3. The molecule has 0 aromatic heterocycles. The summed E-state index contributed by atoms with van der Waals surface area (Å²) in [5.41, 5.74) is -2.10. The van der Waals surface area contributed by atoms with E-state index in [1.165, 1.54) is 24.0 Å². The zero-order valence-electron chi connectivity index (χ0n) is 22.1. The Labute approximate surface area is 212 Å². The van der Waals surface area contributed by atoms with E-state index < -0.39 is 72.0 Å². The highest BCUT2D eigenvalue weighted by molar-refractivity contribution is 5.79. The van der Waals surface area contributed by atoms with E-state index in [9.17, 15) is 39.6 Å².